The van der Waals surface area contributed by atoms with Crippen LogP contribution in [0.1, 0.15) is 67.2 Å². The molecule has 0 bridgehead atoms. The van der Waals surface area contributed by atoms with Crippen LogP contribution in [0.4, 0.5) is 0 Å². The van der Waals surface area contributed by atoms with Crippen LogP contribution in [0, 0.1) is 10.8 Å². The van der Waals surface area contributed by atoms with E-state index in [1.807, 2.05) is 0 Å². The molecular weight excluding hydrogens is 244 g/mol. The fourth-order valence-corrected chi connectivity index (χ4v) is 3.90. The summed E-state index contributed by atoms with van der Waals surface area (Å²) in [5.74, 6) is 0. The topological polar surface area (TPSA) is 6.48 Å². The van der Waals surface area contributed by atoms with Crippen molar-refractivity contribution in [1.29, 1.82) is 0 Å². The van der Waals surface area contributed by atoms with E-state index in [1.165, 1.54) is 51.9 Å². The molecular formula is C18H36N2. The molecule has 2 rings (SSSR count). The first-order chi connectivity index (χ1) is 9.23. The molecule has 2 heterocycles. The van der Waals surface area contributed by atoms with Gasteiger partial charge < -0.3 is 9.80 Å². The third-order valence-corrected chi connectivity index (χ3v) is 6.46. The minimum absolute atomic E-state index is 0.445. The maximum absolute atomic E-state index is 2.80. The number of rotatable bonds is 2. The normalized spacial score (nSPS) is 27.1. The van der Waals surface area contributed by atoms with E-state index in [0.29, 0.717) is 10.8 Å². The largest absolute Gasteiger partial charge is 0.301 e. The van der Waals surface area contributed by atoms with Crippen LogP contribution in [0.15, 0.2) is 0 Å². The maximum atomic E-state index is 2.80. The fourth-order valence-electron chi connectivity index (χ4n) is 3.90. The van der Waals surface area contributed by atoms with Crippen molar-refractivity contribution in [3.63, 3.8) is 0 Å². The number of nitrogens with zero attached hydrogens (tertiary/aromatic N) is 2. The van der Waals surface area contributed by atoms with Gasteiger partial charge in [-0.05, 0) is 76.5 Å². The molecule has 0 amide bonds. The van der Waals surface area contributed by atoms with Gasteiger partial charge in [-0.3, -0.25) is 0 Å². The first kappa shape index (κ1) is 16.3. The van der Waals surface area contributed by atoms with Gasteiger partial charge in [-0.15, -0.1) is 0 Å². The molecule has 118 valence electrons. The highest BCUT2D eigenvalue weighted by Crippen LogP contribution is 2.46. The molecule has 0 unspecified atom stereocenters. The van der Waals surface area contributed by atoms with Crippen LogP contribution in [0.25, 0.3) is 0 Å². The molecule has 0 aromatic rings. The maximum Gasteiger partial charge on any atom is 0.0120 e. The zero-order valence-electron chi connectivity index (χ0n) is 14.7. The van der Waals surface area contributed by atoms with Gasteiger partial charge in [-0.25, -0.2) is 0 Å². The summed E-state index contributed by atoms with van der Waals surface area (Å²) in [4.78, 5) is 5.44. The van der Waals surface area contributed by atoms with Gasteiger partial charge in [-0.2, -0.15) is 0 Å². The van der Waals surface area contributed by atoms with Crippen LogP contribution in [-0.2, 0) is 0 Å². The van der Waals surface area contributed by atoms with E-state index in [1.54, 1.807) is 0 Å². The Bertz CT molecular complexity index is 300. The van der Waals surface area contributed by atoms with Crippen LogP contribution < -0.4 is 0 Å². The quantitative estimate of drug-likeness (QED) is 0.754. The van der Waals surface area contributed by atoms with E-state index in [2.05, 4.69) is 51.3 Å². The van der Waals surface area contributed by atoms with E-state index in [9.17, 15) is 0 Å². The minimum Gasteiger partial charge on any atom is -0.301 e. The predicted octanol–water partition coefficient (Wildman–Crippen LogP) is 4.01. The van der Waals surface area contributed by atoms with Crippen molar-refractivity contribution in [1.82, 2.24) is 9.80 Å². The zero-order valence-corrected chi connectivity index (χ0v) is 14.7. The highest BCUT2D eigenvalue weighted by atomic mass is 15.2. The molecule has 2 aliphatic rings. The second-order valence-electron chi connectivity index (χ2n) is 8.71. The van der Waals surface area contributed by atoms with Crippen LogP contribution in [0.3, 0.4) is 0 Å². The van der Waals surface area contributed by atoms with Gasteiger partial charge in [0.15, 0.2) is 0 Å². The molecule has 2 heteroatoms. The van der Waals surface area contributed by atoms with Crippen molar-refractivity contribution >= 4 is 0 Å². The summed E-state index contributed by atoms with van der Waals surface area (Å²) in [6, 6.07) is 1.58. The molecule has 2 fully saturated rings. The minimum atomic E-state index is 0.445. The highest BCUT2D eigenvalue weighted by molar-refractivity contribution is 4.93. The average Bonchev–Trinajstić information content (AvgIpc) is 2.38. The Morgan fingerprint density at radius 3 is 1.85 bits per heavy atom. The Hall–Kier alpha value is -0.0800. The van der Waals surface area contributed by atoms with Crippen molar-refractivity contribution in [3.05, 3.63) is 0 Å². The number of piperidine rings is 2. The number of hydrogen-bond acceptors (Lipinski definition) is 2. The highest BCUT2D eigenvalue weighted by Gasteiger charge is 2.41. The van der Waals surface area contributed by atoms with Gasteiger partial charge in [0.05, 0.1) is 0 Å². The lowest BCUT2D eigenvalue weighted by atomic mass is 9.62. The number of likely N-dealkylation sites (tertiary alicyclic amines) is 2. The van der Waals surface area contributed by atoms with E-state index < -0.39 is 0 Å². The summed E-state index contributed by atoms with van der Waals surface area (Å²) < 4.78 is 0. The Morgan fingerprint density at radius 2 is 1.45 bits per heavy atom. The zero-order chi connectivity index (χ0) is 15.0. The smallest absolute Gasteiger partial charge is 0.0120 e. The summed E-state index contributed by atoms with van der Waals surface area (Å²) in [6.07, 6.45) is 5.51. The third kappa shape index (κ3) is 3.39. The molecule has 2 saturated heterocycles. The molecule has 0 aromatic carbocycles. The van der Waals surface area contributed by atoms with Gasteiger partial charge in [0, 0.05) is 12.1 Å². The first-order valence-electron chi connectivity index (χ1n) is 8.71. The Balaban J connectivity index is 1.83. The molecule has 2 aliphatic heterocycles. The first-order valence-corrected chi connectivity index (χ1v) is 8.71. The van der Waals surface area contributed by atoms with Crippen LogP contribution in [-0.4, -0.2) is 48.1 Å². The second kappa shape index (κ2) is 5.96. The van der Waals surface area contributed by atoms with Gasteiger partial charge in [-0.1, -0.05) is 27.7 Å². The summed E-state index contributed by atoms with van der Waals surface area (Å²) in [6.45, 7) is 19.7. The molecule has 20 heavy (non-hydrogen) atoms. The third-order valence-electron chi connectivity index (χ3n) is 6.46. The van der Waals surface area contributed by atoms with Crippen molar-refractivity contribution in [2.24, 2.45) is 10.8 Å². The average molecular weight is 280 g/mol. The molecule has 0 aromatic heterocycles. The standard InChI is InChI=1S/C18H36N2/c1-15(2)19-11-7-16(8-12-19)20-13-9-18(6,10-14-20)17(3,4)5/h15-16H,7-14H2,1-6H3. The summed E-state index contributed by atoms with van der Waals surface area (Å²) in [5, 5.41) is 0. The van der Waals surface area contributed by atoms with Crippen molar-refractivity contribution in [2.45, 2.75) is 79.3 Å². The molecule has 0 N–H and O–H groups in total. The Morgan fingerprint density at radius 1 is 0.950 bits per heavy atom. The molecule has 0 spiro atoms. The lowest BCUT2D eigenvalue weighted by molar-refractivity contribution is -0.00685. The van der Waals surface area contributed by atoms with Crippen molar-refractivity contribution in [2.75, 3.05) is 26.2 Å². The van der Waals surface area contributed by atoms with Gasteiger partial charge in [0.2, 0.25) is 0 Å². The number of hydrogen-bond donors (Lipinski definition) is 0. The summed E-state index contributed by atoms with van der Waals surface area (Å²) in [7, 11) is 0. The molecule has 0 radical (unpaired) electrons. The molecule has 0 saturated carbocycles. The Labute approximate surface area is 126 Å². The SMILES string of the molecule is CC(C)N1CCC(N2CCC(C)(C(C)(C)C)CC2)CC1. The van der Waals surface area contributed by atoms with Gasteiger partial charge in [0.25, 0.3) is 0 Å². The van der Waals surface area contributed by atoms with E-state index in [0.717, 1.165) is 12.1 Å². The monoisotopic (exact) mass is 280 g/mol. The molecule has 0 atom stereocenters. The van der Waals surface area contributed by atoms with E-state index in [-0.39, 0.29) is 0 Å². The molecule has 0 aliphatic carbocycles. The van der Waals surface area contributed by atoms with Crippen LogP contribution in [0.2, 0.25) is 0 Å². The molecule has 2 nitrogen and oxygen atoms in total. The predicted molar refractivity (Wildman–Crippen MR) is 88.1 cm³/mol. The lowest BCUT2D eigenvalue weighted by Crippen LogP contribution is -2.52. The van der Waals surface area contributed by atoms with Crippen molar-refractivity contribution in [3.8, 4) is 0 Å². The second-order valence-corrected chi connectivity index (χ2v) is 8.71. The van der Waals surface area contributed by atoms with Crippen LogP contribution in [0.5, 0.6) is 0 Å². The lowest BCUT2D eigenvalue weighted by Gasteiger charge is -2.50. The van der Waals surface area contributed by atoms with Crippen molar-refractivity contribution < 1.29 is 0 Å². The summed E-state index contributed by atoms with van der Waals surface area (Å²) in [5.41, 5.74) is 0.974. The van der Waals surface area contributed by atoms with Gasteiger partial charge >= 0.3 is 0 Å². The van der Waals surface area contributed by atoms with E-state index >= 15 is 0 Å². The van der Waals surface area contributed by atoms with Crippen LogP contribution >= 0.6 is 0 Å². The summed E-state index contributed by atoms with van der Waals surface area (Å²) >= 11 is 0. The van der Waals surface area contributed by atoms with Gasteiger partial charge in [0.1, 0.15) is 0 Å². The Kier molecular flexibility index (Phi) is 4.86. The van der Waals surface area contributed by atoms with E-state index in [4.69, 9.17) is 0 Å². The fraction of sp³-hybridized carbons (Fsp3) is 1.00.